The largest absolute Gasteiger partial charge is 0.387 e. The summed E-state index contributed by atoms with van der Waals surface area (Å²) in [6.45, 7) is 3.86. The molecule has 0 bridgehead atoms. The third-order valence-corrected chi connectivity index (χ3v) is 5.51. The quantitative estimate of drug-likeness (QED) is 0.432. The molecule has 3 aromatic heterocycles. The van der Waals surface area contributed by atoms with Crippen LogP contribution in [0.5, 0.6) is 0 Å². The smallest absolute Gasteiger partial charge is 0.251 e. The van der Waals surface area contributed by atoms with Gasteiger partial charge in [-0.05, 0) is 54.8 Å². The number of pyridine rings is 2. The summed E-state index contributed by atoms with van der Waals surface area (Å²) in [5.41, 5.74) is 4.00. The average Bonchev–Trinajstić information content (AvgIpc) is 2.79. The number of rotatable bonds is 6. The van der Waals surface area contributed by atoms with Crippen LogP contribution in [0, 0.1) is 19.7 Å². The first-order valence-electron chi connectivity index (χ1n) is 10.2. The summed E-state index contributed by atoms with van der Waals surface area (Å²) >= 11 is 5.69. The Morgan fingerprint density at radius 1 is 1.15 bits per heavy atom. The first-order valence-corrected chi connectivity index (χ1v) is 10.5. The third kappa shape index (κ3) is 5.08. The molecular formula is C24H21ClFN5O2. The summed E-state index contributed by atoms with van der Waals surface area (Å²) in [6.07, 6.45) is 5.62. The zero-order valence-electron chi connectivity index (χ0n) is 18.0. The Labute approximate surface area is 194 Å². The first-order chi connectivity index (χ1) is 15.8. The fourth-order valence-electron chi connectivity index (χ4n) is 3.42. The summed E-state index contributed by atoms with van der Waals surface area (Å²) in [5, 5.41) is 13.6. The normalized spacial score (nSPS) is 11.9. The fourth-order valence-corrected chi connectivity index (χ4v) is 3.54. The van der Waals surface area contributed by atoms with Gasteiger partial charge in [0.15, 0.2) is 0 Å². The summed E-state index contributed by atoms with van der Waals surface area (Å²) in [4.78, 5) is 25.6. The number of halogens is 2. The molecule has 3 heterocycles. The van der Waals surface area contributed by atoms with Crippen LogP contribution < -0.4 is 10.9 Å². The zero-order chi connectivity index (χ0) is 23.5. The number of aliphatic hydroxyl groups excluding tert-OH is 1. The average molecular weight is 466 g/mol. The van der Waals surface area contributed by atoms with Crippen LogP contribution in [0.4, 0.5) is 16.0 Å². The molecule has 0 fully saturated rings. The second-order valence-electron chi connectivity index (χ2n) is 7.63. The van der Waals surface area contributed by atoms with E-state index in [0.717, 1.165) is 22.9 Å². The van der Waals surface area contributed by atoms with Crippen LogP contribution in [0.1, 0.15) is 22.8 Å². The van der Waals surface area contributed by atoms with Gasteiger partial charge in [-0.15, -0.1) is 0 Å². The molecule has 0 saturated carbocycles. The molecule has 4 rings (SSSR count). The van der Waals surface area contributed by atoms with E-state index in [9.17, 15) is 14.3 Å². The monoisotopic (exact) mass is 465 g/mol. The van der Waals surface area contributed by atoms with E-state index in [0.29, 0.717) is 22.8 Å². The van der Waals surface area contributed by atoms with Crippen LogP contribution in [0.25, 0.3) is 11.3 Å². The molecule has 0 spiro atoms. The number of aromatic nitrogens is 4. The molecule has 0 aliphatic carbocycles. The van der Waals surface area contributed by atoms with E-state index in [2.05, 4.69) is 20.3 Å². The SMILES string of the molecule is Cc1cncc(C)c1Nc1nccc(-c2ccn(C[C@@H](O)c3ccc(Cl)c(F)c3)c(=O)c2)n1. The van der Waals surface area contributed by atoms with Gasteiger partial charge in [-0.2, -0.15) is 0 Å². The van der Waals surface area contributed by atoms with Crippen molar-refractivity contribution in [3.63, 3.8) is 0 Å². The summed E-state index contributed by atoms with van der Waals surface area (Å²) in [6, 6.07) is 8.93. The Balaban J connectivity index is 1.55. The van der Waals surface area contributed by atoms with E-state index in [1.165, 1.54) is 22.8 Å². The molecule has 168 valence electrons. The van der Waals surface area contributed by atoms with Crippen molar-refractivity contribution in [3.05, 3.63) is 99.1 Å². The van der Waals surface area contributed by atoms with Crippen LogP contribution in [-0.2, 0) is 6.54 Å². The molecule has 0 aliphatic heterocycles. The summed E-state index contributed by atoms with van der Waals surface area (Å²) in [7, 11) is 0. The topological polar surface area (TPSA) is 92.9 Å². The number of hydrogen-bond donors (Lipinski definition) is 2. The molecule has 1 aromatic carbocycles. The summed E-state index contributed by atoms with van der Waals surface area (Å²) in [5.74, 6) is -0.226. The van der Waals surface area contributed by atoms with Crippen molar-refractivity contribution in [2.75, 3.05) is 5.32 Å². The van der Waals surface area contributed by atoms with Crippen LogP contribution >= 0.6 is 11.6 Å². The van der Waals surface area contributed by atoms with Gasteiger partial charge in [0, 0.05) is 42.1 Å². The highest BCUT2D eigenvalue weighted by Crippen LogP contribution is 2.24. The van der Waals surface area contributed by atoms with Crippen molar-refractivity contribution in [3.8, 4) is 11.3 Å². The molecule has 33 heavy (non-hydrogen) atoms. The molecule has 0 radical (unpaired) electrons. The predicted molar refractivity (Wildman–Crippen MR) is 125 cm³/mol. The van der Waals surface area contributed by atoms with Gasteiger partial charge in [-0.1, -0.05) is 17.7 Å². The maximum absolute atomic E-state index is 13.7. The van der Waals surface area contributed by atoms with E-state index in [4.69, 9.17) is 11.6 Å². The minimum Gasteiger partial charge on any atom is -0.387 e. The van der Waals surface area contributed by atoms with Gasteiger partial charge in [0.25, 0.3) is 5.56 Å². The number of aliphatic hydroxyl groups is 1. The lowest BCUT2D eigenvalue weighted by molar-refractivity contribution is 0.154. The van der Waals surface area contributed by atoms with Gasteiger partial charge in [0.05, 0.1) is 23.4 Å². The van der Waals surface area contributed by atoms with Crippen LogP contribution in [-0.4, -0.2) is 24.6 Å². The maximum atomic E-state index is 13.7. The molecule has 0 saturated heterocycles. The van der Waals surface area contributed by atoms with E-state index >= 15 is 0 Å². The molecule has 0 unspecified atom stereocenters. The maximum Gasteiger partial charge on any atom is 0.251 e. The van der Waals surface area contributed by atoms with Crippen LogP contribution in [0.15, 0.2) is 66.0 Å². The number of anilines is 2. The van der Waals surface area contributed by atoms with Gasteiger partial charge >= 0.3 is 0 Å². The van der Waals surface area contributed by atoms with Gasteiger partial charge in [0.1, 0.15) is 5.82 Å². The Morgan fingerprint density at radius 2 is 1.91 bits per heavy atom. The number of hydrogen-bond acceptors (Lipinski definition) is 6. The van der Waals surface area contributed by atoms with Crippen molar-refractivity contribution in [2.45, 2.75) is 26.5 Å². The van der Waals surface area contributed by atoms with Crippen molar-refractivity contribution < 1.29 is 9.50 Å². The van der Waals surface area contributed by atoms with Gasteiger partial charge in [-0.3, -0.25) is 9.78 Å². The molecule has 9 heteroatoms. The van der Waals surface area contributed by atoms with E-state index in [1.807, 2.05) is 13.8 Å². The molecule has 0 amide bonds. The van der Waals surface area contributed by atoms with Gasteiger partial charge in [0.2, 0.25) is 5.95 Å². The highest BCUT2D eigenvalue weighted by Gasteiger charge is 2.13. The van der Waals surface area contributed by atoms with Crippen LogP contribution in [0.3, 0.4) is 0 Å². The van der Waals surface area contributed by atoms with Gasteiger partial charge < -0.3 is 15.0 Å². The second kappa shape index (κ2) is 9.48. The first kappa shape index (κ1) is 22.6. The Hall–Kier alpha value is -3.62. The van der Waals surface area contributed by atoms with Crippen molar-refractivity contribution >= 4 is 23.2 Å². The molecule has 7 nitrogen and oxygen atoms in total. The highest BCUT2D eigenvalue weighted by molar-refractivity contribution is 6.30. The lowest BCUT2D eigenvalue weighted by Gasteiger charge is -2.14. The number of benzene rings is 1. The van der Waals surface area contributed by atoms with Crippen LogP contribution in [0.2, 0.25) is 5.02 Å². The van der Waals surface area contributed by atoms with E-state index < -0.39 is 11.9 Å². The molecule has 2 N–H and O–H groups in total. The summed E-state index contributed by atoms with van der Waals surface area (Å²) < 4.78 is 15.0. The highest BCUT2D eigenvalue weighted by atomic mass is 35.5. The van der Waals surface area contributed by atoms with Crippen molar-refractivity contribution in [1.82, 2.24) is 19.5 Å². The Kier molecular flexibility index (Phi) is 6.48. The van der Waals surface area contributed by atoms with Crippen molar-refractivity contribution in [1.29, 1.82) is 0 Å². The number of nitrogens with zero attached hydrogens (tertiary/aromatic N) is 4. The van der Waals surface area contributed by atoms with Crippen molar-refractivity contribution in [2.24, 2.45) is 0 Å². The fraction of sp³-hybridized carbons (Fsp3) is 0.167. The minimum atomic E-state index is -1.07. The van der Waals surface area contributed by atoms with E-state index in [1.54, 1.807) is 36.9 Å². The van der Waals surface area contributed by atoms with Gasteiger partial charge in [-0.25, -0.2) is 14.4 Å². The molecule has 4 aromatic rings. The molecule has 1 atom stereocenters. The Bertz CT molecular complexity index is 1360. The zero-order valence-corrected chi connectivity index (χ0v) is 18.7. The molecular weight excluding hydrogens is 445 g/mol. The lowest BCUT2D eigenvalue weighted by Crippen LogP contribution is -2.22. The third-order valence-electron chi connectivity index (χ3n) is 5.21. The predicted octanol–water partition coefficient (Wildman–Crippen LogP) is 4.59. The number of aryl methyl sites for hydroxylation is 2. The standard InChI is InChI=1S/C24H21ClFN5O2/c1-14-11-27-12-15(2)23(14)30-24-28-7-5-20(29-24)16-6-8-31(22(33)10-16)13-21(32)17-3-4-18(25)19(26)9-17/h3-12,21,32H,13H2,1-2H3,(H,27,28,29,30)/t21-/m1/s1. The number of nitrogens with one attached hydrogen (secondary N) is 1. The van der Waals surface area contributed by atoms with E-state index in [-0.39, 0.29) is 17.1 Å². The lowest BCUT2D eigenvalue weighted by atomic mass is 10.1. The Morgan fingerprint density at radius 3 is 2.61 bits per heavy atom. The second-order valence-corrected chi connectivity index (χ2v) is 8.04. The minimum absolute atomic E-state index is 0.0274. The molecule has 0 aliphatic rings.